The molecule has 3 saturated heterocycles. The van der Waals surface area contributed by atoms with E-state index in [0.717, 1.165) is 5.56 Å². The number of cyclic esters (lactones) is 1. The van der Waals surface area contributed by atoms with Crippen molar-refractivity contribution in [3.8, 4) is 5.75 Å². The van der Waals surface area contributed by atoms with E-state index in [9.17, 15) is 19.8 Å². The summed E-state index contributed by atoms with van der Waals surface area (Å²) in [6, 6.07) is 7.02. The lowest BCUT2D eigenvalue weighted by Gasteiger charge is -2.61. The van der Waals surface area contributed by atoms with Crippen molar-refractivity contribution in [2.75, 3.05) is 7.11 Å². The molecule has 1 aromatic rings. The van der Waals surface area contributed by atoms with Gasteiger partial charge in [0.15, 0.2) is 11.6 Å². The lowest BCUT2D eigenvalue weighted by atomic mass is 9.66. The highest BCUT2D eigenvalue weighted by Crippen LogP contribution is 2.57. The van der Waals surface area contributed by atoms with Gasteiger partial charge in [-0.1, -0.05) is 46.8 Å². The fourth-order valence-electron chi connectivity index (χ4n) is 7.02. The lowest BCUT2D eigenvalue weighted by Crippen LogP contribution is -2.68. The Morgan fingerprint density at radius 2 is 1.81 bits per heavy atom. The first-order chi connectivity index (χ1) is 20.1. The number of hydrogen-bond donors (Lipinski definition) is 2. The van der Waals surface area contributed by atoms with Crippen molar-refractivity contribution in [1.29, 1.82) is 0 Å². The summed E-state index contributed by atoms with van der Waals surface area (Å²) >= 11 is 5.59. The van der Waals surface area contributed by atoms with Crippen LogP contribution < -0.4 is 0 Å². The molecular formula is C32H47ClO10. The molecule has 10 atom stereocenters. The van der Waals surface area contributed by atoms with Crippen LogP contribution in [0.4, 0.5) is 0 Å². The van der Waals surface area contributed by atoms with E-state index in [1.807, 2.05) is 33.8 Å². The quantitative estimate of drug-likeness (QED) is 0.353. The van der Waals surface area contributed by atoms with E-state index in [0.29, 0.717) is 19.3 Å². The number of carbonyl (C=O) groups excluding carboxylic acids is 2. The molecule has 43 heavy (non-hydrogen) atoms. The zero-order valence-corrected chi connectivity index (χ0v) is 27.0. The van der Waals surface area contributed by atoms with Crippen LogP contribution in [0, 0.1) is 23.2 Å². The van der Waals surface area contributed by atoms with E-state index in [1.165, 1.54) is 0 Å². The number of fused-ring (bicyclic) bond motifs is 2. The maximum absolute atomic E-state index is 13.3. The summed E-state index contributed by atoms with van der Waals surface area (Å²) in [6.45, 7) is 11.5. The van der Waals surface area contributed by atoms with Crippen LogP contribution in [0.5, 0.6) is 5.75 Å². The third-order valence-corrected chi connectivity index (χ3v) is 10.1. The van der Waals surface area contributed by atoms with Crippen LogP contribution in [0.3, 0.4) is 0 Å². The zero-order valence-electron chi connectivity index (χ0n) is 26.2. The Morgan fingerprint density at radius 3 is 2.47 bits per heavy atom. The summed E-state index contributed by atoms with van der Waals surface area (Å²) in [6.07, 6.45) is -1.73. The van der Waals surface area contributed by atoms with Crippen LogP contribution in [0.2, 0.25) is 0 Å². The molecule has 3 fully saturated rings. The molecule has 3 aliphatic heterocycles. The molecule has 0 saturated carbocycles. The van der Waals surface area contributed by atoms with Gasteiger partial charge in [0.25, 0.3) is 0 Å². The number of phenols is 1. The van der Waals surface area contributed by atoms with E-state index in [1.54, 1.807) is 32.2 Å². The number of aromatic hydroxyl groups is 1. The number of carbonyl (C=O) groups is 2. The number of aliphatic hydroxyl groups is 1. The summed E-state index contributed by atoms with van der Waals surface area (Å²) in [5, 5.41) is 21.8. The van der Waals surface area contributed by atoms with Crippen LogP contribution in [0.15, 0.2) is 24.3 Å². The summed E-state index contributed by atoms with van der Waals surface area (Å²) < 4.78 is 35.7. The molecule has 3 unspecified atom stereocenters. The number of esters is 2. The fourth-order valence-corrected chi connectivity index (χ4v) is 7.14. The molecule has 1 aromatic carbocycles. The van der Waals surface area contributed by atoms with Crippen molar-refractivity contribution < 1.29 is 47.8 Å². The normalized spacial score (nSPS) is 36.7. The molecule has 11 heteroatoms. The third-order valence-electron chi connectivity index (χ3n) is 9.83. The number of phenolic OH excluding ortho intramolecular Hbond substituents is 1. The minimum Gasteiger partial charge on any atom is -0.508 e. The Balaban J connectivity index is 1.66. The Hall–Kier alpha value is -1.95. The number of hydrogen-bond acceptors (Lipinski definition) is 10. The monoisotopic (exact) mass is 626 g/mol. The molecule has 0 radical (unpaired) electrons. The topological polar surface area (TPSA) is 130 Å². The van der Waals surface area contributed by atoms with Crippen LogP contribution in [-0.2, 0) is 37.6 Å². The molecule has 0 aromatic heterocycles. The number of rotatable bonds is 8. The van der Waals surface area contributed by atoms with Crippen molar-refractivity contribution in [1.82, 2.24) is 0 Å². The molecule has 3 bridgehead atoms. The summed E-state index contributed by atoms with van der Waals surface area (Å²) in [5.41, 5.74) is 0.271. The molecule has 242 valence electrons. The Bertz CT molecular complexity index is 1140. The second kappa shape index (κ2) is 13.2. The van der Waals surface area contributed by atoms with Crippen molar-refractivity contribution in [3.05, 3.63) is 29.8 Å². The van der Waals surface area contributed by atoms with Crippen molar-refractivity contribution >= 4 is 23.8 Å². The first-order valence-electron chi connectivity index (χ1n) is 15.2. The molecular weight excluding hydrogens is 580 g/mol. The predicted octanol–water partition coefficient (Wildman–Crippen LogP) is 5.56. The van der Waals surface area contributed by atoms with Gasteiger partial charge in [0.1, 0.15) is 24.1 Å². The predicted molar refractivity (Wildman–Crippen MR) is 157 cm³/mol. The van der Waals surface area contributed by atoms with Crippen LogP contribution in [0.1, 0.15) is 91.7 Å². The minimum absolute atomic E-state index is 0.0366. The van der Waals surface area contributed by atoms with Gasteiger partial charge in [0.2, 0.25) is 0 Å². The summed E-state index contributed by atoms with van der Waals surface area (Å²) in [7, 11) is 1.64. The number of halogens is 1. The second-order valence-corrected chi connectivity index (χ2v) is 13.6. The highest BCUT2D eigenvalue weighted by atomic mass is 35.5. The largest absolute Gasteiger partial charge is 0.508 e. The smallest absolute Gasteiger partial charge is 0.311 e. The number of ether oxygens (including phenoxy) is 5. The van der Waals surface area contributed by atoms with Gasteiger partial charge in [-0.25, -0.2) is 0 Å². The molecule has 2 N–H and O–H groups in total. The maximum atomic E-state index is 13.3. The lowest BCUT2D eigenvalue weighted by molar-refractivity contribution is -0.452. The molecule has 3 aliphatic rings. The Kier molecular flexibility index (Phi) is 10.4. The van der Waals surface area contributed by atoms with Gasteiger partial charge < -0.3 is 33.9 Å². The summed E-state index contributed by atoms with van der Waals surface area (Å²) in [4.78, 5) is 26.3. The van der Waals surface area contributed by atoms with E-state index < -0.39 is 65.7 Å². The van der Waals surface area contributed by atoms with E-state index >= 15 is 0 Å². The van der Waals surface area contributed by atoms with Gasteiger partial charge in [-0.3, -0.25) is 13.9 Å². The number of methoxy groups -OCH3 is 1. The van der Waals surface area contributed by atoms with Gasteiger partial charge in [0.05, 0.1) is 36.9 Å². The average Bonchev–Trinajstić information content (AvgIpc) is 2.92. The second-order valence-electron chi connectivity index (χ2n) is 13.4. The van der Waals surface area contributed by atoms with Gasteiger partial charge in [-0.15, -0.1) is 0 Å². The first-order valence-corrected chi connectivity index (χ1v) is 15.5. The summed E-state index contributed by atoms with van der Waals surface area (Å²) in [5.74, 6) is -5.02. The van der Waals surface area contributed by atoms with E-state index in [-0.39, 0.29) is 36.5 Å². The van der Waals surface area contributed by atoms with Gasteiger partial charge in [-0.2, -0.15) is 0 Å². The van der Waals surface area contributed by atoms with Gasteiger partial charge >= 0.3 is 11.9 Å². The molecule has 1 spiro atoms. The molecule has 0 aliphatic carbocycles. The van der Waals surface area contributed by atoms with Crippen molar-refractivity contribution in [3.63, 3.8) is 0 Å². The Labute approximate surface area is 259 Å². The highest BCUT2D eigenvalue weighted by molar-refractivity contribution is 6.07. The SMILES string of the molecule is COC(CCC(C)[C@H]1O[C@@]23C[C@H](OC(=O)C[C@H](C(C)OCl)OC(=O)C[C@](O)(O2)[C@H](C)CC3(C)C)[C@@H]1C)c1cccc(O)c1. The highest BCUT2D eigenvalue weighted by Gasteiger charge is 2.64. The van der Waals surface area contributed by atoms with Crippen molar-refractivity contribution in [2.45, 2.75) is 122 Å². The number of benzene rings is 1. The van der Waals surface area contributed by atoms with Gasteiger partial charge in [0, 0.05) is 30.8 Å². The third kappa shape index (κ3) is 7.15. The van der Waals surface area contributed by atoms with Crippen molar-refractivity contribution in [2.24, 2.45) is 23.2 Å². The zero-order chi connectivity index (χ0) is 31.7. The van der Waals surface area contributed by atoms with Crippen LogP contribution in [0.25, 0.3) is 0 Å². The molecule has 0 amide bonds. The molecule has 10 nitrogen and oxygen atoms in total. The first kappa shape index (κ1) is 33.9. The Morgan fingerprint density at radius 1 is 1.09 bits per heavy atom. The maximum Gasteiger partial charge on any atom is 0.311 e. The van der Waals surface area contributed by atoms with Gasteiger partial charge in [-0.05, 0) is 49.8 Å². The minimum atomic E-state index is -1.87. The van der Waals surface area contributed by atoms with E-state index in [4.69, 9.17) is 39.8 Å². The van der Waals surface area contributed by atoms with Crippen LogP contribution in [-0.4, -0.2) is 65.3 Å². The average molecular weight is 627 g/mol. The van der Waals surface area contributed by atoms with E-state index in [2.05, 4.69) is 6.92 Å². The molecule has 3 heterocycles. The molecule has 4 rings (SSSR count). The fraction of sp³-hybridized carbons (Fsp3) is 0.750. The standard InChI is InChI=1S/C32H47ClO10/c1-18(11-12-24(38-7)22-9-8-10-23(34)13-22)29-20(3)26-16-32(41-29)30(5,6)15-19(2)31(37,43-32)17-28(36)39-25(21(4)42-33)14-27(35)40-26/h8-10,13,18-21,24-26,29,34,37H,11-12,14-17H2,1-7H3/t18?,19-,20+,21?,24?,25-,26+,29-,31+,32+/m1/s1. The van der Waals surface area contributed by atoms with Crippen LogP contribution >= 0.6 is 11.9 Å².